The topological polar surface area (TPSA) is 67.4 Å². The molecule has 6 heteroatoms. The van der Waals surface area contributed by atoms with Gasteiger partial charge in [0.1, 0.15) is 12.4 Å². The number of rotatable bonds is 4. The summed E-state index contributed by atoms with van der Waals surface area (Å²) in [5, 5.41) is 6.26. The molecule has 4 aromatic rings. The Bertz CT molecular complexity index is 1340. The van der Waals surface area contributed by atoms with Crippen molar-refractivity contribution in [3.8, 4) is 5.75 Å². The number of benzene rings is 3. The zero-order valence-electron chi connectivity index (χ0n) is 17.3. The molecule has 0 atom stereocenters. The SMILES string of the molecule is Cc1ccc(C(=O)Nc2cccc(Nc3ccc4c(c3)OCc3ccccc3C4=O)c2)s1. The molecule has 1 amide bonds. The average molecular weight is 441 g/mol. The minimum absolute atomic E-state index is 0.0341. The molecule has 0 unspecified atom stereocenters. The van der Waals surface area contributed by atoms with Gasteiger partial charge in [-0.15, -0.1) is 11.3 Å². The van der Waals surface area contributed by atoms with Gasteiger partial charge in [0.05, 0.1) is 10.4 Å². The highest BCUT2D eigenvalue weighted by atomic mass is 32.1. The van der Waals surface area contributed by atoms with Crippen LogP contribution < -0.4 is 15.4 Å². The lowest BCUT2D eigenvalue weighted by Crippen LogP contribution is -2.10. The fourth-order valence-corrected chi connectivity index (χ4v) is 4.43. The van der Waals surface area contributed by atoms with Gasteiger partial charge < -0.3 is 15.4 Å². The maximum absolute atomic E-state index is 12.9. The number of hydrogen-bond acceptors (Lipinski definition) is 5. The van der Waals surface area contributed by atoms with Crippen molar-refractivity contribution in [3.63, 3.8) is 0 Å². The molecule has 32 heavy (non-hydrogen) atoms. The van der Waals surface area contributed by atoms with Gasteiger partial charge in [0.15, 0.2) is 5.78 Å². The molecule has 1 aliphatic heterocycles. The molecule has 2 N–H and O–H groups in total. The van der Waals surface area contributed by atoms with E-state index in [1.807, 2.05) is 79.7 Å². The predicted molar refractivity (Wildman–Crippen MR) is 127 cm³/mol. The lowest BCUT2D eigenvalue weighted by atomic mass is 9.99. The maximum Gasteiger partial charge on any atom is 0.265 e. The number of carbonyl (C=O) groups excluding carboxylic acids is 2. The Kier molecular flexibility index (Phi) is 5.21. The normalized spacial score (nSPS) is 12.2. The van der Waals surface area contributed by atoms with E-state index >= 15 is 0 Å². The van der Waals surface area contributed by atoms with Crippen LogP contribution in [0.4, 0.5) is 17.1 Å². The summed E-state index contributed by atoms with van der Waals surface area (Å²) in [6.07, 6.45) is 0. The number of nitrogens with one attached hydrogen (secondary N) is 2. The Morgan fingerprint density at radius 3 is 2.53 bits per heavy atom. The zero-order valence-corrected chi connectivity index (χ0v) is 18.2. The molecule has 0 saturated carbocycles. The van der Waals surface area contributed by atoms with Gasteiger partial charge in [-0.1, -0.05) is 30.3 Å². The summed E-state index contributed by atoms with van der Waals surface area (Å²) in [6, 6.07) is 24.2. The van der Waals surface area contributed by atoms with Crippen molar-refractivity contribution in [2.24, 2.45) is 0 Å². The molecule has 3 aromatic carbocycles. The minimum Gasteiger partial charge on any atom is -0.488 e. The van der Waals surface area contributed by atoms with Crippen LogP contribution in [0.5, 0.6) is 5.75 Å². The summed E-state index contributed by atoms with van der Waals surface area (Å²) < 4.78 is 5.93. The molecular weight excluding hydrogens is 420 g/mol. The smallest absolute Gasteiger partial charge is 0.265 e. The predicted octanol–water partition coefficient (Wildman–Crippen LogP) is 6.18. The van der Waals surface area contributed by atoms with Crippen molar-refractivity contribution in [1.29, 1.82) is 0 Å². The van der Waals surface area contributed by atoms with Crippen molar-refractivity contribution in [3.05, 3.63) is 105 Å². The minimum atomic E-state index is -0.128. The Balaban J connectivity index is 1.35. The third-order valence-corrected chi connectivity index (χ3v) is 6.24. The van der Waals surface area contributed by atoms with Gasteiger partial charge in [0.2, 0.25) is 0 Å². The van der Waals surface area contributed by atoms with Crippen LogP contribution in [-0.2, 0) is 6.61 Å². The van der Waals surface area contributed by atoms with E-state index in [0.29, 0.717) is 34.0 Å². The lowest BCUT2D eigenvalue weighted by molar-refractivity contribution is 0.102. The van der Waals surface area contributed by atoms with E-state index in [1.54, 1.807) is 6.07 Å². The number of ether oxygens (including phenoxy) is 1. The highest BCUT2D eigenvalue weighted by molar-refractivity contribution is 7.14. The average Bonchev–Trinajstić information content (AvgIpc) is 3.18. The number of ketones is 1. The molecule has 0 spiro atoms. The quantitative estimate of drug-likeness (QED) is 0.398. The van der Waals surface area contributed by atoms with Crippen LogP contribution >= 0.6 is 11.3 Å². The van der Waals surface area contributed by atoms with Gasteiger partial charge in [0, 0.05) is 39.1 Å². The number of anilines is 3. The van der Waals surface area contributed by atoms with Crippen molar-refractivity contribution in [2.45, 2.75) is 13.5 Å². The van der Waals surface area contributed by atoms with Crippen LogP contribution in [0.25, 0.3) is 0 Å². The molecule has 158 valence electrons. The van der Waals surface area contributed by atoms with Crippen LogP contribution in [0.15, 0.2) is 78.9 Å². The molecule has 5 rings (SSSR count). The van der Waals surface area contributed by atoms with E-state index in [4.69, 9.17) is 4.74 Å². The summed E-state index contributed by atoms with van der Waals surface area (Å²) in [5.41, 5.74) is 4.41. The van der Waals surface area contributed by atoms with Crippen LogP contribution in [-0.4, -0.2) is 11.7 Å². The van der Waals surface area contributed by atoms with Crippen LogP contribution in [0.2, 0.25) is 0 Å². The summed E-state index contributed by atoms with van der Waals surface area (Å²) in [6.45, 7) is 2.32. The number of amides is 1. The summed E-state index contributed by atoms with van der Waals surface area (Å²) in [7, 11) is 0. The van der Waals surface area contributed by atoms with Crippen molar-refractivity contribution < 1.29 is 14.3 Å². The number of hydrogen-bond donors (Lipinski definition) is 2. The Labute approximate surface area is 189 Å². The maximum atomic E-state index is 12.9. The number of carbonyl (C=O) groups is 2. The highest BCUT2D eigenvalue weighted by Crippen LogP contribution is 2.32. The van der Waals surface area contributed by atoms with Crippen molar-refractivity contribution >= 4 is 40.1 Å². The van der Waals surface area contributed by atoms with E-state index in [2.05, 4.69) is 10.6 Å². The van der Waals surface area contributed by atoms with E-state index in [1.165, 1.54) is 11.3 Å². The molecule has 5 nitrogen and oxygen atoms in total. The molecule has 1 aliphatic rings. The van der Waals surface area contributed by atoms with E-state index in [0.717, 1.165) is 21.8 Å². The zero-order chi connectivity index (χ0) is 22.1. The molecule has 0 radical (unpaired) electrons. The molecule has 0 saturated heterocycles. The first-order chi connectivity index (χ1) is 15.6. The van der Waals surface area contributed by atoms with Gasteiger partial charge >= 0.3 is 0 Å². The van der Waals surface area contributed by atoms with Gasteiger partial charge in [-0.2, -0.15) is 0 Å². The lowest BCUT2D eigenvalue weighted by Gasteiger charge is -2.12. The fourth-order valence-electron chi connectivity index (χ4n) is 3.67. The van der Waals surface area contributed by atoms with Gasteiger partial charge in [-0.05, 0) is 49.4 Å². The van der Waals surface area contributed by atoms with Crippen molar-refractivity contribution in [1.82, 2.24) is 0 Å². The van der Waals surface area contributed by atoms with Gasteiger partial charge in [-0.3, -0.25) is 9.59 Å². The first kappa shape index (κ1) is 20.0. The molecule has 0 aliphatic carbocycles. The summed E-state index contributed by atoms with van der Waals surface area (Å²) >= 11 is 1.46. The van der Waals surface area contributed by atoms with E-state index in [9.17, 15) is 9.59 Å². The van der Waals surface area contributed by atoms with E-state index < -0.39 is 0 Å². The Hall–Kier alpha value is -3.90. The number of aryl methyl sites for hydroxylation is 1. The molecule has 0 fully saturated rings. The second-order valence-corrected chi connectivity index (χ2v) is 8.84. The second-order valence-electron chi connectivity index (χ2n) is 7.56. The van der Waals surface area contributed by atoms with Crippen LogP contribution in [0.3, 0.4) is 0 Å². The number of fused-ring (bicyclic) bond motifs is 2. The summed E-state index contributed by atoms with van der Waals surface area (Å²) in [5.74, 6) is 0.388. The number of thiophene rings is 1. The first-order valence-corrected chi connectivity index (χ1v) is 11.0. The monoisotopic (exact) mass is 440 g/mol. The molecule has 2 heterocycles. The van der Waals surface area contributed by atoms with Gasteiger partial charge in [-0.25, -0.2) is 0 Å². The fraction of sp³-hybridized carbons (Fsp3) is 0.0769. The largest absolute Gasteiger partial charge is 0.488 e. The Morgan fingerprint density at radius 1 is 0.875 bits per heavy atom. The third-order valence-electron chi connectivity index (χ3n) is 5.24. The summed E-state index contributed by atoms with van der Waals surface area (Å²) in [4.78, 5) is 27.1. The van der Waals surface area contributed by atoms with Gasteiger partial charge in [0.25, 0.3) is 5.91 Å². The third kappa shape index (κ3) is 4.00. The highest BCUT2D eigenvalue weighted by Gasteiger charge is 2.22. The molecule has 1 aromatic heterocycles. The van der Waals surface area contributed by atoms with Crippen molar-refractivity contribution in [2.75, 3.05) is 10.6 Å². The second kappa shape index (κ2) is 8.32. The molecule has 0 bridgehead atoms. The standard InChI is InChI=1S/C26H20N2O3S/c1-16-9-12-24(32-16)26(30)28-19-7-4-6-18(13-19)27-20-10-11-22-23(14-20)31-15-17-5-2-3-8-21(17)25(22)29/h2-14,27H,15H2,1H3,(H,28,30). The van der Waals surface area contributed by atoms with Crippen LogP contribution in [0, 0.1) is 6.92 Å². The van der Waals surface area contributed by atoms with E-state index in [-0.39, 0.29) is 11.7 Å². The first-order valence-electron chi connectivity index (χ1n) is 10.2. The molecular formula is C26H20N2O3S. The Morgan fingerprint density at radius 2 is 1.69 bits per heavy atom. The van der Waals surface area contributed by atoms with Crippen LogP contribution in [0.1, 0.15) is 36.0 Å².